The van der Waals surface area contributed by atoms with Crippen molar-refractivity contribution in [1.82, 2.24) is 4.98 Å². The van der Waals surface area contributed by atoms with Crippen LogP contribution in [0.1, 0.15) is 11.1 Å². The first kappa shape index (κ1) is 17.7. The first-order valence-corrected chi connectivity index (χ1v) is 8.25. The van der Waals surface area contributed by atoms with E-state index in [9.17, 15) is 13.2 Å². The van der Waals surface area contributed by atoms with E-state index < -0.39 is 17.5 Å². The standard InChI is InChI=1S/C17H13F3N4OS/c18-13-5-12(6-14(19)16(13)20)25-8-11-3-1-2-10(4-11)7-22-24-17-23-15(21)9-26-17/h1-7,9H,8,21H2,(H,23,24). The third kappa shape index (κ3) is 4.51. The van der Waals surface area contributed by atoms with Crippen LogP contribution < -0.4 is 15.9 Å². The summed E-state index contributed by atoms with van der Waals surface area (Å²) in [5.74, 6) is -3.79. The van der Waals surface area contributed by atoms with E-state index in [1.807, 2.05) is 6.07 Å². The molecule has 9 heteroatoms. The molecule has 3 N–H and O–H groups in total. The zero-order valence-corrected chi connectivity index (χ0v) is 14.1. The minimum absolute atomic E-state index is 0.0582. The molecule has 0 bridgehead atoms. The number of nitrogens with two attached hydrogens (primary N) is 1. The second-order valence-electron chi connectivity index (χ2n) is 5.18. The SMILES string of the molecule is Nc1csc(NN=Cc2cccc(COc3cc(F)c(F)c(F)c3)c2)n1. The summed E-state index contributed by atoms with van der Waals surface area (Å²) in [5.41, 5.74) is 9.80. The van der Waals surface area contributed by atoms with E-state index in [2.05, 4.69) is 15.5 Å². The molecule has 0 saturated heterocycles. The van der Waals surface area contributed by atoms with Crippen molar-refractivity contribution in [3.63, 3.8) is 0 Å². The fourth-order valence-electron chi connectivity index (χ4n) is 2.04. The lowest BCUT2D eigenvalue weighted by Gasteiger charge is -2.08. The molecular formula is C17H13F3N4OS. The minimum atomic E-state index is -1.52. The van der Waals surface area contributed by atoms with Crippen LogP contribution in [-0.4, -0.2) is 11.2 Å². The molecule has 0 unspecified atom stereocenters. The van der Waals surface area contributed by atoms with Crippen molar-refractivity contribution in [3.05, 3.63) is 70.4 Å². The monoisotopic (exact) mass is 378 g/mol. The summed E-state index contributed by atoms with van der Waals surface area (Å²) < 4.78 is 44.6. The number of anilines is 2. The number of thiazole rings is 1. The predicted molar refractivity (Wildman–Crippen MR) is 94.8 cm³/mol. The lowest BCUT2D eigenvalue weighted by atomic mass is 10.1. The van der Waals surface area contributed by atoms with E-state index in [1.54, 1.807) is 29.8 Å². The van der Waals surface area contributed by atoms with Crippen LogP contribution in [-0.2, 0) is 6.61 Å². The van der Waals surface area contributed by atoms with Gasteiger partial charge in [-0.25, -0.2) is 18.2 Å². The average molecular weight is 378 g/mol. The lowest BCUT2D eigenvalue weighted by molar-refractivity contribution is 0.299. The van der Waals surface area contributed by atoms with E-state index >= 15 is 0 Å². The molecular weight excluding hydrogens is 365 g/mol. The quantitative estimate of drug-likeness (QED) is 0.384. The van der Waals surface area contributed by atoms with Crippen molar-refractivity contribution in [2.45, 2.75) is 6.61 Å². The third-order valence-corrected chi connectivity index (χ3v) is 3.97. The van der Waals surface area contributed by atoms with Gasteiger partial charge in [0.2, 0.25) is 5.13 Å². The average Bonchev–Trinajstić information content (AvgIpc) is 3.03. The number of halogens is 3. The van der Waals surface area contributed by atoms with Gasteiger partial charge in [-0.1, -0.05) is 18.2 Å². The number of hydrogen-bond acceptors (Lipinski definition) is 6. The molecule has 1 heterocycles. The summed E-state index contributed by atoms with van der Waals surface area (Å²) in [4.78, 5) is 4.01. The Labute approximate surface area is 151 Å². The highest BCUT2D eigenvalue weighted by Gasteiger charge is 2.11. The van der Waals surface area contributed by atoms with Gasteiger partial charge in [-0.2, -0.15) is 5.10 Å². The molecule has 3 rings (SSSR count). The number of aromatic nitrogens is 1. The first-order chi connectivity index (χ1) is 12.5. The molecule has 0 fully saturated rings. The summed E-state index contributed by atoms with van der Waals surface area (Å²) >= 11 is 1.33. The van der Waals surface area contributed by atoms with E-state index in [0.29, 0.717) is 10.9 Å². The molecule has 0 aliphatic heterocycles. The molecule has 0 spiro atoms. The molecule has 0 atom stereocenters. The van der Waals surface area contributed by atoms with E-state index in [-0.39, 0.29) is 12.4 Å². The molecule has 2 aromatic carbocycles. The van der Waals surface area contributed by atoms with Gasteiger partial charge in [-0.3, -0.25) is 5.43 Å². The second-order valence-corrected chi connectivity index (χ2v) is 6.04. The van der Waals surface area contributed by atoms with Gasteiger partial charge in [-0.05, 0) is 17.2 Å². The van der Waals surface area contributed by atoms with Gasteiger partial charge in [0, 0.05) is 17.5 Å². The Balaban J connectivity index is 1.62. The maximum Gasteiger partial charge on any atom is 0.205 e. The van der Waals surface area contributed by atoms with Crippen LogP contribution >= 0.6 is 11.3 Å². The topological polar surface area (TPSA) is 72.5 Å². The number of ether oxygens (including phenoxy) is 1. The van der Waals surface area contributed by atoms with Crippen molar-refractivity contribution < 1.29 is 17.9 Å². The van der Waals surface area contributed by atoms with Crippen LogP contribution in [0.5, 0.6) is 5.75 Å². The summed E-state index contributed by atoms with van der Waals surface area (Å²) in [6.07, 6.45) is 1.58. The van der Waals surface area contributed by atoms with Crippen molar-refractivity contribution in [2.75, 3.05) is 11.2 Å². The first-order valence-electron chi connectivity index (χ1n) is 7.37. The van der Waals surface area contributed by atoms with Crippen LogP contribution in [0.15, 0.2) is 46.9 Å². The lowest BCUT2D eigenvalue weighted by Crippen LogP contribution is -1.99. The van der Waals surface area contributed by atoms with Crippen LogP contribution in [0.3, 0.4) is 0 Å². The maximum atomic E-state index is 13.2. The van der Waals surface area contributed by atoms with Gasteiger partial charge in [0.05, 0.1) is 6.21 Å². The molecule has 5 nitrogen and oxygen atoms in total. The van der Waals surface area contributed by atoms with Gasteiger partial charge in [0.25, 0.3) is 0 Å². The highest BCUT2D eigenvalue weighted by Crippen LogP contribution is 2.20. The van der Waals surface area contributed by atoms with Crippen LogP contribution in [0.4, 0.5) is 24.1 Å². The summed E-state index contributed by atoms with van der Waals surface area (Å²) in [7, 11) is 0. The third-order valence-electron chi connectivity index (χ3n) is 3.21. The Morgan fingerprint density at radius 3 is 2.65 bits per heavy atom. The van der Waals surface area contributed by atoms with Crippen LogP contribution in [0.2, 0.25) is 0 Å². The molecule has 3 aromatic rings. The summed E-state index contributed by atoms with van der Waals surface area (Å²) in [6, 6.07) is 8.77. The Morgan fingerprint density at radius 2 is 1.96 bits per heavy atom. The summed E-state index contributed by atoms with van der Waals surface area (Å²) in [5, 5.41) is 6.31. The number of rotatable bonds is 6. The van der Waals surface area contributed by atoms with Gasteiger partial charge >= 0.3 is 0 Å². The Morgan fingerprint density at radius 1 is 1.19 bits per heavy atom. The predicted octanol–water partition coefficient (Wildman–Crippen LogP) is 4.17. The Bertz CT molecular complexity index is 922. The van der Waals surface area contributed by atoms with Crippen LogP contribution in [0.25, 0.3) is 0 Å². The van der Waals surface area contributed by atoms with Gasteiger partial charge < -0.3 is 10.5 Å². The highest BCUT2D eigenvalue weighted by atomic mass is 32.1. The maximum absolute atomic E-state index is 13.2. The number of nitrogen functional groups attached to an aromatic ring is 1. The number of hydrogen-bond donors (Lipinski definition) is 2. The fourth-order valence-corrected chi connectivity index (χ4v) is 2.59. The second kappa shape index (κ2) is 7.87. The van der Waals surface area contributed by atoms with E-state index in [4.69, 9.17) is 10.5 Å². The number of hydrazone groups is 1. The van der Waals surface area contributed by atoms with Gasteiger partial charge in [-0.15, -0.1) is 11.3 Å². The van der Waals surface area contributed by atoms with Crippen molar-refractivity contribution >= 4 is 28.5 Å². The molecule has 0 amide bonds. The zero-order valence-electron chi connectivity index (χ0n) is 13.2. The van der Waals surface area contributed by atoms with Gasteiger partial charge in [0.15, 0.2) is 17.5 Å². The van der Waals surface area contributed by atoms with E-state index in [0.717, 1.165) is 23.3 Å². The molecule has 0 aliphatic rings. The van der Waals surface area contributed by atoms with Gasteiger partial charge in [0.1, 0.15) is 18.2 Å². The molecule has 1 aromatic heterocycles. The van der Waals surface area contributed by atoms with Crippen molar-refractivity contribution in [2.24, 2.45) is 5.10 Å². The molecule has 0 aliphatic carbocycles. The molecule has 0 saturated carbocycles. The highest BCUT2D eigenvalue weighted by molar-refractivity contribution is 7.14. The molecule has 0 radical (unpaired) electrons. The smallest absolute Gasteiger partial charge is 0.205 e. The normalized spacial score (nSPS) is 11.0. The van der Waals surface area contributed by atoms with Crippen molar-refractivity contribution in [3.8, 4) is 5.75 Å². The number of benzene rings is 2. The Kier molecular flexibility index (Phi) is 5.37. The number of nitrogens with one attached hydrogen (secondary N) is 1. The largest absolute Gasteiger partial charge is 0.489 e. The molecule has 134 valence electrons. The van der Waals surface area contributed by atoms with Crippen LogP contribution in [0, 0.1) is 17.5 Å². The Hall–Kier alpha value is -3.07. The van der Waals surface area contributed by atoms with E-state index in [1.165, 1.54) is 11.3 Å². The minimum Gasteiger partial charge on any atom is -0.489 e. The van der Waals surface area contributed by atoms with Crippen molar-refractivity contribution in [1.29, 1.82) is 0 Å². The summed E-state index contributed by atoms with van der Waals surface area (Å²) in [6.45, 7) is 0.0582. The fraction of sp³-hybridized carbons (Fsp3) is 0.0588. The molecule has 26 heavy (non-hydrogen) atoms. The zero-order chi connectivity index (χ0) is 18.5. The number of nitrogens with zero attached hydrogens (tertiary/aromatic N) is 2.